The van der Waals surface area contributed by atoms with Crippen LogP contribution in [0.5, 0.6) is 0 Å². The van der Waals surface area contributed by atoms with Crippen LogP contribution in [-0.4, -0.2) is 35.4 Å². The minimum Gasteiger partial charge on any atom is -0.399 e. The Balaban J connectivity index is 1.38. The van der Waals surface area contributed by atoms with Gasteiger partial charge in [0, 0.05) is 30.6 Å². The quantitative estimate of drug-likeness (QED) is 0.792. The van der Waals surface area contributed by atoms with E-state index in [1.54, 1.807) is 11.3 Å². The first-order valence-corrected chi connectivity index (χ1v) is 10.8. The lowest BCUT2D eigenvalue weighted by atomic mass is 9.70. The number of nitrogen functional groups attached to an aromatic ring is 1. The van der Waals surface area contributed by atoms with Crippen LogP contribution in [-0.2, 0) is 6.42 Å². The van der Waals surface area contributed by atoms with Crippen LogP contribution in [0.3, 0.4) is 0 Å². The molecule has 1 spiro atoms. The van der Waals surface area contributed by atoms with Crippen molar-refractivity contribution >= 4 is 22.9 Å². The molecule has 1 aromatic carbocycles. The molecule has 4 rings (SSSR count). The summed E-state index contributed by atoms with van der Waals surface area (Å²) in [6.07, 6.45) is 6.73. The molecule has 27 heavy (non-hydrogen) atoms. The van der Waals surface area contributed by atoms with Gasteiger partial charge in [0.25, 0.3) is 5.91 Å². The number of nitrogens with two attached hydrogens (primary N) is 2. The predicted molar refractivity (Wildman–Crippen MR) is 110 cm³/mol. The first-order valence-electron chi connectivity index (χ1n) is 9.88. The number of carbonyl (C=O) groups excluding carboxylic acids is 1. The third-order valence-corrected chi connectivity index (χ3v) is 7.38. The zero-order chi connectivity index (χ0) is 18.9. The third-order valence-electron chi connectivity index (χ3n) is 6.53. The summed E-state index contributed by atoms with van der Waals surface area (Å²) in [6.45, 7) is 2.45. The molecule has 4 N–H and O–H groups in total. The normalized spacial score (nSPS) is 21.7. The summed E-state index contributed by atoms with van der Waals surface area (Å²) in [6, 6.07) is 7.82. The fraction of sp³-hybridized carbons (Fsp3) is 0.524. The second kappa shape index (κ2) is 7.60. The van der Waals surface area contributed by atoms with E-state index in [1.807, 2.05) is 34.5 Å². The molecule has 1 amide bonds. The Kier molecular flexibility index (Phi) is 5.19. The van der Waals surface area contributed by atoms with Gasteiger partial charge in [-0.15, -0.1) is 11.3 Å². The van der Waals surface area contributed by atoms with E-state index in [9.17, 15) is 4.79 Å². The fourth-order valence-electron chi connectivity index (χ4n) is 4.85. The Labute approximate surface area is 164 Å². The monoisotopic (exact) mass is 384 g/mol. The van der Waals surface area contributed by atoms with Crippen molar-refractivity contribution in [1.82, 2.24) is 9.88 Å². The lowest BCUT2D eigenvalue weighted by molar-refractivity contribution is 0.0478. The maximum atomic E-state index is 12.9. The van der Waals surface area contributed by atoms with Crippen molar-refractivity contribution in [2.45, 2.75) is 38.5 Å². The van der Waals surface area contributed by atoms with Crippen molar-refractivity contribution in [2.24, 2.45) is 17.1 Å². The smallest absolute Gasteiger partial charge is 0.273 e. The summed E-state index contributed by atoms with van der Waals surface area (Å²) >= 11 is 1.56. The van der Waals surface area contributed by atoms with Gasteiger partial charge in [0.1, 0.15) is 5.69 Å². The highest BCUT2D eigenvalue weighted by Gasteiger charge is 2.44. The van der Waals surface area contributed by atoms with E-state index in [0.717, 1.165) is 55.2 Å². The second-order valence-electron chi connectivity index (χ2n) is 8.02. The van der Waals surface area contributed by atoms with E-state index >= 15 is 0 Å². The van der Waals surface area contributed by atoms with Crippen LogP contribution in [0.25, 0.3) is 0 Å². The van der Waals surface area contributed by atoms with Gasteiger partial charge in [-0.05, 0) is 61.3 Å². The summed E-state index contributed by atoms with van der Waals surface area (Å²) in [5.74, 6) is 0.715. The van der Waals surface area contributed by atoms with E-state index < -0.39 is 0 Å². The summed E-state index contributed by atoms with van der Waals surface area (Å²) in [5, 5.41) is 2.87. The number of hydrogen-bond donors (Lipinski definition) is 2. The SMILES string of the molecule is NCC1CCCC12CCN(C(=O)c1csc(Cc3ccc(N)cc3)n1)CC2. The van der Waals surface area contributed by atoms with E-state index in [0.29, 0.717) is 17.0 Å². The lowest BCUT2D eigenvalue weighted by Crippen LogP contribution is -2.45. The van der Waals surface area contributed by atoms with Crippen molar-refractivity contribution in [2.75, 3.05) is 25.4 Å². The highest BCUT2D eigenvalue weighted by Crippen LogP contribution is 2.50. The summed E-state index contributed by atoms with van der Waals surface area (Å²) in [7, 11) is 0. The number of anilines is 1. The van der Waals surface area contributed by atoms with Crippen LogP contribution in [0.1, 0.15) is 53.2 Å². The van der Waals surface area contributed by atoms with E-state index in [4.69, 9.17) is 11.5 Å². The fourth-order valence-corrected chi connectivity index (χ4v) is 5.66. The van der Waals surface area contributed by atoms with Crippen LogP contribution < -0.4 is 11.5 Å². The number of hydrogen-bond acceptors (Lipinski definition) is 5. The number of piperidine rings is 1. The standard InChI is InChI=1S/C21H28N4OS/c22-13-16-2-1-7-21(16)8-10-25(11-9-21)20(26)18-14-27-19(24-18)12-15-3-5-17(23)6-4-15/h3-6,14,16H,1-2,7-13,22-23H2. The van der Waals surface area contributed by atoms with Crippen LogP contribution in [0.4, 0.5) is 5.69 Å². The van der Waals surface area contributed by atoms with Crippen LogP contribution >= 0.6 is 11.3 Å². The minimum absolute atomic E-state index is 0.0759. The topological polar surface area (TPSA) is 85.2 Å². The molecule has 2 heterocycles. The van der Waals surface area contributed by atoms with Crippen LogP contribution in [0.15, 0.2) is 29.6 Å². The Morgan fingerprint density at radius 2 is 1.96 bits per heavy atom. The molecule has 1 atom stereocenters. The molecule has 2 fully saturated rings. The maximum absolute atomic E-state index is 12.9. The number of nitrogens with zero attached hydrogens (tertiary/aromatic N) is 2. The summed E-state index contributed by atoms with van der Waals surface area (Å²) in [5.41, 5.74) is 14.6. The van der Waals surface area contributed by atoms with Gasteiger partial charge in [-0.1, -0.05) is 18.6 Å². The lowest BCUT2D eigenvalue weighted by Gasteiger charge is -2.43. The van der Waals surface area contributed by atoms with E-state index in [1.165, 1.54) is 19.3 Å². The number of amides is 1. The van der Waals surface area contributed by atoms with Crippen molar-refractivity contribution in [3.63, 3.8) is 0 Å². The zero-order valence-electron chi connectivity index (χ0n) is 15.7. The van der Waals surface area contributed by atoms with Gasteiger partial charge >= 0.3 is 0 Å². The molecule has 1 saturated carbocycles. The Hall–Kier alpha value is -1.92. The molecule has 1 unspecified atom stereocenters. The largest absolute Gasteiger partial charge is 0.399 e. The molecule has 6 heteroatoms. The van der Waals surface area contributed by atoms with Gasteiger partial charge in [0.2, 0.25) is 0 Å². The molecule has 2 aromatic rings. The van der Waals surface area contributed by atoms with Crippen molar-refractivity contribution < 1.29 is 4.79 Å². The molecular weight excluding hydrogens is 356 g/mol. The predicted octanol–water partition coefficient (Wildman–Crippen LogP) is 3.30. The van der Waals surface area contributed by atoms with Gasteiger partial charge in [0.15, 0.2) is 0 Å². The number of carbonyl (C=O) groups is 1. The molecule has 1 aliphatic carbocycles. The Morgan fingerprint density at radius 1 is 1.22 bits per heavy atom. The van der Waals surface area contributed by atoms with Gasteiger partial charge in [-0.25, -0.2) is 4.98 Å². The summed E-state index contributed by atoms with van der Waals surface area (Å²) in [4.78, 5) is 19.5. The molecule has 1 saturated heterocycles. The second-order valence-corrected chi connectivity index (χ2v) is 8.97. The molecule has 0 bridgehead atoms. The molecule has 1 aromatic heterocycles. The number of aromatic nitrogens is 1. The van der Waals surface area contributed by atoms with Gasteiger partial charge < -0.3 is 16.4 Å². The molecule has 1 aliphatic heterocycles. The Bertz CT molecular complexity index is 793. The van der Waals surface area contributed by atoms with Crippen molar-refractivity contribution in [3.8, 4) is 0 Å². The number of likely N-dealkylation sites (tertiary alicyclic amines) is 1. The molecular formula is C21H28N4OS. The number of thiazole rings is 1. The highest BCUT2D eigenvalue weighted by molar-refractivity contribution is 7.09. The molecule has 0 radical (unpaired) electrons. The van der Waals surface area contributed by atoms with E-state index in [-0.39, 0.29) is 5.91 Å². The van der Waals surface area contributed by atoms with Crippen molar-refractivity contribution in [1.29, 1.82) is 0 Å². The first kappa shape index (κ1) is 18.4. The maximum Gasteiger partial charge on any atom is 0.273 e. The van der Waals surface area contributed by atoms with Gasteiger partial charge in [0.05, 0.1) is 5.01 Å². The average Bonchev–Trinajstić information content (AvgIpc) is 3.31. The van der Waals surface area contributed by atoms with Gasteiger partial charge in [-0.3, -0.25) is 4.79 Å². The average molecular weight is 385 g/mol. The van der Waals surface area contributed by atoms with Gasteiger partial charge in [-0.2, -0.15) is 0 Å². The van der Waals surface area contributed by atoms with Crippen LogP contribution in [0.2, 0.25) is 0 Å². The number of benzene rings is 1. The van der Waals surface area contributed by atoms with E-state index in [2.05, 4.69) is 4.98 Å². The molecule has 5 nitrogen and oxygen atoms in total. The minimum atomic E-state index is 0.0759. The van der Waals surface area contributed by atoms with Crippen molar-refractivity contribution in [3.05, 3.63) is 45.9 Å². The first-order chi connectivity index (χ1) is 13.1. The Morgan fingerprint density at radius 3 is 2.67 bits per heavy atom. The zero-order valence-corrected chi connectivity index (χ0v) is 16.5. The summed E-state index contributed by atoms with van der Waals surface area (Å²) < 4.78 is 0. The van der Waals surface area contributed by atoms with Crippen LogP contribution in [0, 0.1) is 11.3 Å². The highest BCUT2D eigenvalue weighted by atomic mass is 32.1. The third kappa shape index (κ3) is 3.73. The number of rotatable bonds is 4. The molecule has 2 aliphatic rings. The molecule has 144 valence electrons.